The highest BCUT2D eigenvalue weighted by atomic mass is 35.5. The number of halogens is 2. The molecule has 0 heterocycles. The predicted molar refractivity (Wildman–Crippen MR) is 162 cm³/mol. The number of esters is 1. The van der Waals surface area contributed by atoms with Gasteiger partial charge in [0.05, 0.1) is 18.6 Å². The number of carbonyl (C=O) groups is 2. The molecular weight excluding hydrogens is 569 g/mol. The van der Waals surface area contributed by atoms with E-state index in [-0.39, 0.29) is 18.8 Å². The summed E-state index contributed by atoms with van der Waals surface area (Å²) in [6.45, 7) is 1.70. The van der Waals surface area contributed by atoms with Crippen molar-refractivity contribution in [2.45, 2.75) is 30.8 Å². The maximum absolute atomic E-state index is 14.6. The lowest BCUT2D eigenvalue weighted by Gasteiger charge is -2.54. The first-order chi connectivity index (χ1) is 20.3. The molecule has 0 amide bonds. The van der Waals surface area contributed by atoms with E-state index in [0.717, 1.165) is 0 Å². The molecule has 1 N–H and O–H groups in total. The summed E-state index contributed by atoms with van der Waals surface area (Å²) >= 11 is 12.5. The number of rotatable bonds is 7. The molecule has 4 aromatic carbocycles. The van der Waals surface area contributed by atoms with Crippen LogP contribution in [0.3, 0.4) is 0 Å². The Bertz CT molecular complexity index is 1600. The summed E-state index contributed by atoms with van der Waals surface area (Å²) in [6.07, 6.45) is -0.0989. The number of benzene rings is 4. The van der Waals surface area contributed by atoms with E-state index in [1.165, 1.54) is 0 Å². The molecule has 0 aromatic heterocycles. The molecule has 5 unspecified atom stereocenters. The van der Waals surface area contributed by atoms with E-state index in [1.807, 2.05) is 6.07 Å². The molecule has 1 aliphatic rings. The average Bonchev–Trinajstić information content (AvgIpc) is 3.02. The molecule has 0 bridgehead atoms. The largest absolute Gasteiger partial charge is 0.465 e. The van der Waals surface area contributed by atoms with Crippen LogP contribution in [0, 0.1) is 22.7 Å². The second kappa shape index (κ2) is 12.1. The Morgan fingerprint density at radius 2 is 1.38 bits per heavy atom. The normalized spacial score (nSPS) is 25.3. The van der Waals surface area contributed by atoms with Crippen molar-refractivity contribution in [2.75, 3.05) is 6.61 Å². The topological polar surface area (TPSA) is 87.4 Å². The van der Waals surface area contributed by atoms with E-state index in [4.69, 9.17) is 27.9 Å². The summed E-state index contributed by atoms with van der Waals surface area (Å²) < 4.78 is 5.63. The summed E-state index contributed by atoms with van der Waals surface area (Å²) in [7, 11) is 0. The van der Waals surface area contributed by atoms with Gasteiger partial charge in [-0.1, -0.05) is 108 Å². The Morgan fingerprint density at radius 1 is 0.857 bits per heavy atom. The highest BCUT2D eigenvalue weighted by Gasteiger charge is 2.67. The average molecular weight is 599 g/mol. The SMILES string of the molecule is CCOC(=O)C1(C#N)C(c2ccc(Cl)cc2)CC(O)(c2ccccc2)C(C(=O)c2ccccc2)C1c1ccc(Cl)cc1. The van der Waals surface area contributed by atoms with Crippen LogP contribution < -0.4 is 0 Å². The van der Waals surface area contributed by atoms with Crippen LogP contribution in [-0.2, 0) is 15.1 Å². The molecule has 5 atom stereocenters. The van der Waals surface area contributed by atoms with Gasteiger partial charge in [0.25, 0.3) is 0 Å². The zero-order valence-electron chi connectivity index (χ0n) is 22.9. The number of Topliss-reactive ketones (excluding diaryl/α,β-unsaturated/α-hetero) is 1. The van der Waals surface area contributed by atoms with Crippen LogP contribution in [-0.4, -0.2) is 23.5 Å². The number of hydrogen-bond acceptors (Lipinski definition) is 5. The molecule has 0 aliphatic heterocycles. The number of carbonyl (C=O) groups excluding carboxylic acids is 2. The van der Waals surface area contributed by atoms with Gasteiger partial charge in [-0.05, 0) is 54.3 Å². The minimum Gasteiger partial charge on any atom is -0.465 e. The molecule has 5 rings (SSSR count). The highest BCUT2D eigenvalue weighted by Crippen LogP contribution is 2.63. The van der Waals surface area contributed by atoms with Crippen LogP contribution in [0.5, 0.6) is 0 Å². The van der Waals surface area contributed by atoms with E-state index in [2.05, 4.69) is 6.07 Å². The third-order valence-corrected chi connectivity index (χ3v) is 8.82. The molecule has 0 spiro atoms. The number of ketones is 1. The molecule has 1 saturated carbocycles. The number of ether oxygens (including phenoxy) is 1. The Hall–Kier alpha value is -3.95. The lowest BCUT2D eigenvalue weighted by atomic mass is 9.47. The summed E-state index contributed by atoms with van der Waals surface area (Å²) in [5, 5.41) is 25.0. The molecular formula is C35H29Cl2NO4. The van der Waals surface area contributed by atoms with Gasteiger partial charge in [-0.15, -0.1) is 0 Å². The zero-order chi connectivity index (χ0) is 29.9. The quantitative estimate of drug-likeness (QED) is 0.174. The minimum absolute atomic E-state index is 0.0309. The predicted octanol–water partition coefficient (Wildman–Crippen LogP) is 7.72. The number of hydrogen-bond donors (Lipinski definition) is 1. The number of aliphatic hydroxyl groups is 1. The fourth-order valence-electron chi connectivity index (χ4n) is 6.44. The number of nitriles is 1. The van der Waals surface area contributed by atoms with Crippen molar-refractivity contribution in [3.05, 3.63) is 141 Å². The first-order valence-electron chi connectivity index (χ1n) is 13.7. The van der Waals surface area contributed by atoms with Gasteiger partial charge in [-0.25, -0.2) is 0 Å². The molecule has 4 aromatic rings. The Labute approximate surface area is 255 Å². The van der Waals surface area contributed by atoms with Crippen molar-refractivity contribution in [3.63, 3.8) is 0 Å². The smallest absolute Gasteiger partial charge is 0.327 e. The van der Waals surface area contributed by atoms with Crippen LogP contribution in [0.2, 0.25) is 10.0 Å². The molecule has 0 saturated heterocycles. The highest BCUT2D eigenvalue weighted by molar-refractivity contribution is 6.30. The van der Waals surface area contributed by atoms with Gasteiger partial charge in [0.1, 0.15) is 5.60 Å². The van der Waals surface area contributed by atoms with Gasteiger partial charge in [-0.3, -0.25) is 9.59 Å². The third kappa shape index (κ3) is 5.12. The lowest BCUT2D eigenvalue weighted by Crippen LogP contribution is -2.59. The molecule has 5 nitrogen and oxygen atoms in total. The Morgan fingerprint density at radius 3 is 1.90 bits per heavy atom. The van der Waals surface area contributed by atoms with E-state index in [9.17, 15) is 20.0 Å². The van der Waals surface area contributed by atoms with Crippen LogP contribution in [0.1, 0.15) is 52.2 Å². The maximum Gasteiger partial charge on any atom is 0.327 e. The lowest BCUT2D eigenvalue weighted by molar-refractivity contribution is -0.164. The zero-order valence-corrected chi connectivity index (χ0v) is 24.4. The van der Waals surface area contributed by atoms with Crippen LogP contribution in [0.4, 0.5) is 0 Å². The van der Waals surface area contributed by atoms with Crippen LogP contribution in [0.25, 0.3) is 0 Å². The van der Waals surface area contributed by atoms with Crippen molar-refractivity contribution in [1.82, 2.24) is 0 Å². The molecule has 1 aliphatic carbocycles. The summed E-state index contributed by atoms with van der Waals surface area (Å²) in [6, 6.07) is 33.5. The van der Waals surface area contributed by atoms with E-state index < -0.39 is 34.7 Å². The van der Waals surface area contributed by atoms with Crippen molar-refractivity contribution >= 4 is 35.0 Å². The fourth-order valence-corrected chi connectivity index (χ4v) is 6.70. The van der Waals surface area contributed by atoms with Gasteiger partial charge in [-0.2, -0.15) is 5.26 Å². The van der Waals surface area contributed by atoms with Gasteiger partial charge in [0.15, 0.2) is 11.2 Å². The van der Waals surface area contributed by atoms with E-state index in [0.29, 0.717) is 32.3 Å². The standard InChI is InChI=1S/C35H29Cl2NO4/c1-2-42-33(40)34(22-38)29(23-13-17-27(36)18-14-23)21-35(41,26-11-7-4-8-12-26)31(32(39)25-9-5-3-6-10-25)30(34)24-15-19-28(37)20-16-24/h3-20,29-31,41H,2,21H2,1H3. The van der Waals surface area contributed by atoms with Crippen molar-refractivity contribution in [3.8, 4) is 6.07 Å². The molecule has 1 fully saturated rings. The van der Waals surface area contributed by atoms with Crippen molar-refractivity contribution < 1.29 is 19.4 Å². The first-order valence-corrected chi connectivity index (χ1v) is 14.5. The second-order valence-corrected chi connectivity index (χ2v) is 11.4. The summed E-state index contributed by atoms with van der Waals surface area (Å²) in [5.74, 6) is -4.37. The first kappa shape index (κ1) is 29.5. The van der Waals surface area contributed by atoms with Crippen molar-refractivity contribution in [1.29, 1.82) is 5.26 Å². The van der Waals surface area contributed by atoms with E-state index in [1.54, 1.807) is 110 Å². The Kier molecular flexibility index (Phi) is 8.52. The van der Waals surface area contributed by atoms with Gasteiger partial charge < -0.3 is 9.84 Å². The third-order valence-electron chi connectivity index (χ3n) is 8.32. The summed E-state index contributed by atoms with van der Waals surface area (Å²) in [5.41, 5.74) is -1.68. The van der Waals surface area contributed by atoms with Gasteiger partial charge in [0.2, 0.25) is 0 Å². The van der Waals surface area contributed by atoms with Crippen molar-refractivity contribution in [2.24, 2.45) is 11.3 Å². The molecule has 212 valence electrons. The maximum atomic E-state index is 14.6. The molecule has 7 heteroatoms. The van der Waals surface area contributed by atoms with Crippen LogP contribution in [0.15, 0.2) is 109 Å². The van der Waals surface area contributed by atoms with Gasteiger partial charge >= 0.3 is 5.97 Å². The Balaban J connectivity index is 1.89. The second-order valence-electron chi connectivity index (χ2n) is 10.5. The monoisotopic (exact) mass is 597 g/mol. The molecule has 0 radical (unpaired) electrons. The minimum atomic E-state index is -1.90. The van der Waals surface area contributed by atoms with Gasteiger partial charge in [0, 0.05) is 27.4 Å². The fraction of sp³-hybridized carbons (Fsp3) is 0.229. The molecule has 42 heavy (non-hydrogen) atoms. The number of nitrogens with zero attached hydrogens (tertiary/aromatic N) is 1. The summed E-state index contributed by atoms with van der Waals surface area (Å²) in [4.78, 5) is 28.9. The van der Waals surface area contributed by atoms with Crippen LogP contribution >= 0.6 is 23.2 Å². The van der Waals surface area contributed by atoms with E-state index >= 15 is 0 Å².